The molecule has 0 spiro atoms. The van der Waals surface area contributed by atoms with Gasteiger partial charge in [-0.1, -0.05) is 352 Å². The Balaban J connectivity index is 1.45. The van der Waals surface area contributed by atoms with Gasteiger partial charge in [-0.25, -0.2) is 0 Å². The van der Waals surface area contributed by atoms with Crippen molar-refractivity contribution in [3.05, 3.63) is 235 Å². The molecule has 0 fully saturated rings. The number of allylic oxidation sites excluding steroid dienone is 2. The quantitative estimate of drug-likeness (QED) is 0.0845. The van der Waals surface area contributed by atoms with Gasteiger partial charge in [0.1, 0.15) is 32.3 Å². The zero-order valence-corrected chi connectivity index (χ0v) is 76.8. The Morgan fingerprint density at radius 3 is 0.582 bits per heavy atom. The maximum absolute atomic E-state index is 4.05. The van der Waals surface area contributed by atoms with E-state index in [0.717, 1.165) is 111 Å². The summed E-state index contributed by atoms with van der Waals surface area (Å²) >= 11 is 0. The number of rotatable bonds is 12. The molecule has 7 aromatic rings. The molecule has 2 aliphatic carbocycles. The van der Waals surface area contributed by atoms with Gasteiger partial charge in [0.2, 0.25) is 0 Å². The number of hydrogen-bond donors (Lipinski definition) is 0. The topological polar surface area (TPSA) is 0 Å². The largest absolute Gasteiger partial charge is 0.146 e. The highest BCUT2D eigenvalue weighted by Crippen LogP contribution is 2.55. The van der Waals surface area contributed by atoms with E-state index in [9.17, 15) is 0 Å². The van der Waals surface area contributed by atoms with Crippen LogP contribution in [0.15, 0.2) is 157 Å². The minimum Gasteiger partial charge on any atom is -0.125 e. The summed E-state index contributed by atoms with van der Waals surface area (Å²) < 4.78 is 0. The zero-order valence-electron chi connectivity index (χ0n) is 72.8. The molecule has 0 amide bonds. The van der Waals surface area contributed by atoms with Gasteiger partial charge in [-0.2, -0.15) is 0 Å². The zero-order chi connectivity index (χ0) is 80.9. The van der Waals surface area contributed by atoms with Crippen molar-refractivity contribution in [3.63, 3.8) is 0 Å². The summed E-state index contributed by atoms with van der Waals surface area (Å²) in [5.74, 6) is 46.2. The molecule has 0 saturated carbocycles. The summed E-state index contributed by atoms with van der Waals surface area (Å²) in [6.45, 7) is 71.1. The third kappa shape index (κ3) is 17.1. The third-order valence-corrected chi connectivity index (χ3v) is 50.4. The smallest absolute Gasteiger partial charge is 0.125 e. The molecule has 0 bridgehead atoms. The molecular weight excluding hydrogens is 1390 g/mol. The van der Waals surface area contributed by atoms with E-state index >= 15 is 0 Å². The average molecular weight is 1510 g/mol. The Kier molecular flexibility index (Phi) is 26.8. The number of benzene rings is 7. The standard InChI is InChI=1S/C106H126Si4/c1-71(2)107(72(3)4,73(5)6)63-59-87-43-35-31-39-83(87)47-51-91(52-48-84-40-32-36-44-88(84)60-64-108(74(7)8,75(9)10)76(11)12)103-99-67-93(105(25,26)27)55-57-95(99)97-70-102-98(69-101(97)103)96-58-56-94(106(28,29)30)68-100(96)104(102)92(53-49-85-41-33-37-45-89(85)61-65-109(77(13)14,78(15)16)79(17)18)54-50-86-42-34-38-46-90(86)62-66-110(80(19)20,81(21)22)82(23)24/h31-46,55-58,67-82H,1-30H3. The fraction of sp³-hybridized carbons (Fsp3) is 0.415. The minimum atomic E-state index is -2.11. The minimum absolute atomic E-state index is 0.171. The average Bonchev–Trinajstić information content (AvgIpc) is 1.55. The van der Waals surface area contributed by atoms with Gasteiger partial charge >= 0.3 is 0 Å². The molecule has 0 N–H and O–H groups in total. The fourth-order valence-corrected chi connectivity index (χ4v) is 40.1. The Morgan fingerprint density at radius 2 is 0.400 bits per heavy atom. The molecule has 0 atom stereocenters. The first-order chi connectivity index (χ1) is 51.7. The molecule has 0 nitrogen and oxygen atoms in total. The highest BCUT2D eigenvalue weighted by Gasteiger charge is 2.45. The number of hydrogen-bond acceptors (Lipinski definition) is 0. The summed E-state index contributed by atoms with van der Waals surface area (Å²) in [7, 11) is -8.44. The maximum Gasteiger partial charge on any atom is 0.146 e. The van der Waals surface area contributed by atoms with Gasteiger partial charge in [-0.3, -0.25) is 0 Å². The maximum atomic E-state index is 4.05. The van der Waals surface area contributed by atoms with Gasteiger partial charge in [0.15, 0.2) is 0 Å². The molecule has 0 aromatic heterocycles. The summed E-state index contributed by atoms with van der Waals surface area (Å²) in [6.07, 6.45) is 0. The van der Waals surface area contributed by atoms with E-state index in [1.54, 1.807) is 0 Å². The molecule has 0 aliphatic heterocycles. The molecule has 2 aliphatic rings. The molecule has 110 heavy (non-hydrogen) atoms. The summed E-state index contributed by atoms with van der Waals surface area (Å²) in [6, 6.07) is 53.2. The van der Waals surface area contributed by atoms with Crippen LogP contribution in [0.25, 0.3) is 33.4 Å². The van der Waals surface area contributed by atoms with E-state index < -0.39 is 32.3 Å². The van der Waals surface area contributed by atoms with Crippen LogP contribution in [-0.2, 0) is 10.8 Å². The van der Waals surface area contributed by atoms with Gasteiger partial charge in [-0.15, -0.1) is 22.2 Å². The van der Waals surface area contributed by atoms with Crippen molar-refractivity contribution < 1.29 is 0 Å². The molecular formula is C106H126Si4. The van der Waals surface area contributed by atoms with Crippen molar-refractivity contribution in [1.29, 1.82) is 0 Å². The van der Waals surface area contributed by atoms with Gasteiger partial charge < -0.3 is 0 Å². The number of fused-ring (bicyclic) bond motifs is 6. The predicted octanol–water partition coefficient (Wildman–Crippen LogP) is 28.3. The lowest BCUT2D eigenvalue weighted by Crippen LogP contribution is -2.43. The lowest BCUT2D eigenvalue weighted by Gasteiger charge is -2.38. The summed E-state index contributed by atoms with van der Waals surface area (Å²) in [5, 5.41) is 0. The van der Waals surface area contributed by atoms with E-state index in [1.165, 1.54) is 11.1 Å². The second-order valence-electron chi connectivity index (χ2n) is 37.2. The van der Waals surface area contributed by atoms with Crippen LogP contribution in [0.5, 0.6) is 0 Å². The van der Waals surface area contributed by atoms with Gasteiger partial charge in [0, 0.05) is 55.7 Å². The van der Waals surface area contributed by atoms with Crippen molar-refractivity contribution in [2.24, 2.45) is 0 Å². The molecule has 0 heterocycles. The Labute approximate surface area is 673 Å². The summed E-state index contributed by atoms with van der Waals surface area (Å²) in [4.78, 5) is 0. The molecule has 0 radical (unpaired) electrons. The molecule has 566 valence electrons. The van der Waals surface area contributed by atoms with Crippen LogP contribution in [0.2, 0.25) is 66.5 Å². The van der Waals surface area contributed by atoms with Crippen LogP contribution in [0.4, 0.5) is 0 Å². The Bertz CT molecular complexity index is 4610. The van der Waals surface area contributed by atoms with Gasteiger partial charge in [-0.05, 0) is 206 Å². The van der Waals surface area contributed by atoms with Gasteiger partial charge in [0.25, 0.3) is 0 Å². The first-order valence-corrected chi connectivity index (χ1v) is 50.2. The van der Waals surface area contributed by atoms with E-state index in [1.807, 2.05) is 0 Å². The lowest BCUT2D eigenvalue weighted by atomic mass is 9.84. The van der Waals surface area contributed by atoms with E-state index in [4.69, 9.17) is 0 Å². The molecule has 7 aromatic carbocycles. The third-order valence-electron chi connectivity index (χ3n) is 25.2. The second kappa shape index (κ2) is 34.5. The van der Waals surface area contributed by atoms with Crippen LogP contribution in [0.3, 0.4) is 0 Å². The van der Waals surface area contributed by atoms with Crippen molar-refractivity contribution in [2.75, 3.05) is 0 Å². The fourth-order valence-electron chi connectivity index (χ4n) is 19.3. The van der Waals surface area contributed by atoms with Crippen LogP contribution >= 0.6 is 0 Å². The molecule has 9 rings (SSSR count). The molecule has 0 saturated heterocycles. The normalized spacial score (nSPS) is 12.6. The van der Waals surface area contributed by atoms with E-state index in [0.29, 0.717) is 66.5 Å². The Hall–Kier alpha value is -8.63. The van der Waals surface area contributed by atoms with Gasteiger partial charge in [0.05, 0.1) is 11.1 Å². The van der Waals surface area contributed by atoms with Crippen molar-refractivity contribution in [3.8, 4) is 115 Å². The predicted molar refractivity (Wildman–Crippen MR) is 492 cm³/mol. The van der Waals surface area contributed by atoms with E-state index in [-0.39, 0.29) is 10.8 Å². The Morgan fingerprint density at radius 1 is 0.218 bits per heavy atom. The van der Waals surface area contributed by atoms with Crippen LogP contribution < -0.4 is 0 Å². The van der Waals surface area contributed by atoms with Crippen molar-refractivity contribution in [2.45, 2.75) is 285 Å². The van der Waals surface area contributed by atoms with Crippen molar-refractivity contribution in [1.82, 2.24) is 0 Å². The molecule has 4 heteroatoms. The van der Waals surface area contributed by atoms with Crippen LogP contribution in [-0.4, -0.2) is 32.3 Å². The highest BCUT2D eigenvalue weighted by atomic mass is 28.3. The molecule has 0 unspecified atom stereocenters. The SMILES string of the molecule is CC(C)[Si](C#Cc1ccccc1C#CC(C#Cc1ccccc1C#C[Si](C(C)C)(C(C)C)C(C)C)=C1c2cc(C(C)(C)C)ccc2-c2cc3c(cc21)-c1ccc(C(C)(C)C)cc1C3=C(C#Cc1ccccc1C#C[Si](C(C)C)(C(C)C)C(C)C)C#Cc1ccccc1C#C[Si](C(C)C)(C(C)C)C(C)C)(C(C)C)C(C)C. The summed E-state index contributed by atoms with van der Waals surface area (Å²) in [5.41, 5.74) is 43.9. The monoisotopic (exact) mass is 1510 g/mol. The second-order valence-corrected chi connectivity index (χ2v) is 59.6. The van der Waals surface area contributed by atoms with Crippen molar-refractivity contribution >= 4 is 43.4 Å². The lowest BCUT2D eigenvalue weighted by molar-refractivity contribution is 0.590. The highest BCUT2D eigenvalue weighted by molar-refractivity contribution is 6.92. The van der Waals surface area contributed by atoms with E-state index in [2.05, 4.69) is 447 Å². The van der Waals surface area contributed by atoms with Crippen LogP contribution in [0.1, 0.15) is 286 Å². The first kappa shape index (κ1) is 85.4. The first-order valence-electron chi connectivity index (χ1n) is 41.3. The van der Waals surface area contributed by atoms with Crippen LogP contribution in [0, 0.1) is 93.2 Å².